The van der Waals surface area contributed by atoms with Gasteiger partial charge in [-0.3, -0.25) is 19.7 Å². The minimum Gasteiger partial charge on any atom is -0.491 e. The molecule has 0 aromatic carbocycles. The number of nitrogens with zero attached hydrogens (tertiary/aromatic N) is 4. The third-order valence-corrected chi connectivity index (χ3v) is 7.81. The van der Waals surface area contributed by atoms with Gasteiger partial charge in [-0.1, -0.05) is 0 Å². The fourth-order valence-corrected chi connectivity index (χ4v) is 5.59. The van der Waals surface area contributed by atoms with Gasteiger partial charge in [0.25, 0.3) is 5.91 Å². The van der Waals surface area contributed by atoms with Gasteiger partial charge in [0.2, 0.25) is 11.8 Å². The van der Waals surface area contributed by atoms with Crippen LogP contribution in [-0.2, 0) is 4.79 Å². The standard InChI is InChI=1S/C27H29FN6O4/c1-15-3-4-22-24(30-15)19(6-10-38-22)31-25(35)16-5-9-34(27(13-16)7-8-27)26(36)21-12-20(32-33-21)17-11-23(37-2)29-14-18(17)28/h3-4,11-12,14,16,19H,5-10,13H2,1-2H3,(H,31,35)(H,32,33)/t16-,19+/m0/s1. The molecule has 2 atom stereocenters. The summed E-state index contributed by atoms with van der Waals surface area (Å²) in [4.78, 5) is 37.1. The van der Waals surface area contributed by atoms with Gasteiger partial charge in [-0.05, 0) is 50.8 Å². The average molecular weight is 521 g/mol. The van der Waals surface area contributed by atoms with Crippen molar-refractivity contribution in [2.45, 2.75) is 50.6 Å². The third-order valence-electron chi connectivity index (χ3n) is 7.81. The maximum atomic E-state index is 14.4. The summed E-state index contributed by atoms with van der Waals surface area (Å²) in [7, 11) is 1.45. The Morgan fingerprint density at radius 2 is 2.11 bits per heavy atom. The molecule has 198 valence electrons. The number of aryl methyl sites for hydroxylation is 1. The summed E-state index contributed by atoms with van der Waals surface area (Å²) >= 11 is 0. The lowest BCUT2D eigenvalue weighted by molar-refractivity contribution is -0.128. The second kappa shape index (κ2) is 9.38. The van der Waals surface area contributed by atoms with E-state index < -0.39 is 5.82 Å². The second-order valence-electron chi connectivity index (χ2n) is 10.3. The zero-order chi connectivity index (χ0) is 26.4. The largest absolute Gasteiger partial charge is 0.491 e. The fraction of sp³-hybridized carbons (Fsp3) is 0.444. The van der Waals surface area contributed by atoms with E-state index in [0.29, 0.717) is 38.1 Å². The number of hydrogen-bond acceptors (Lipinski definition) is 7. The highest BCUT2D eigenvalue weighted by molar-refractivity contribution is 5.94. The van der Waals surface area contributed by atoms with Crippen LogP contribution in [0.1, 0.15) is 60.0 Å². The molecular weight excluding hydrogens is 491 g/mol. The van der Waals surface area contributed by atoms with E-state index in [1.807, 2.05) is 24.0 Å². The van der Waals surface area contributed by atoms with Crippen LogP contribution in [0.2, 0.25) is 0 Å². The Hall–Kier alpha value is -4.02. The zero-order valence-electron chi connectivity index (χ0n) is 21.3. The molecule has 0 unspecified atom stereocenters. The van der Waals surface area contributed by atoms with Gasteiger partial charge in [0.15, 0.2) is 11.5 Å². The van der Waals surface area contributed by atoms with Crippen molar-refractivity contribution in [2.75, 3.05) is 20.3 Å². The molecule has 0 radical (unpaired) electrons. The molecule has 1 aliphatic carbocycles. The Bertz CT molecular complexity index is 1400. The van der Waals surface area contributed by atoms with Crippen molar-refractivity contribution < 1.29 is 23.5 Å². The smallest absolute Gasteiger partial charge is 0.274 e. The van der Waals surface area contributed by atoms with Gasteiger partial charge in [0, 0.05) is 41.7 Å². The first kappa shape index (κ1) is 24.3. The van der Waals surface area contributed by atoms with Crippen LogP contribution in [0.3, 0.4) is 0 Å². The lowest BCUT2D eigenvalue weighted by Crippen LogP contribution is -2.51. The normalized spacial score (nSPS) is 21.4. The molecule has 2 amide bonds. The first-order valence-corrected chi connectivity index (χ1v) is 12.8. The quantitative estimate of drug-likeness (QED) is 0.529. The number of H-pyrrole nitrogens is 1. The number of aromatic amines is 1. The van der Waals surface area contributed by atoms with Crippen molar-refractivity contribution in [2.24, 2.45) is 5.92 Å². The Morgan fingerprint density at radius 3 is 2.89 bits per heavy atom. The summed E-state index contributed by atoms with van der Waals surface area (Å²) in [5.74, 6) is 0.0188. The molecule has 1 saturated carbocycles. The number of aromatic nitrogens is 4. The lowest BCUT2D eigenvalue weighted by Gasteiger charge is -2.40. The Morgan fingerprint density at radius 1 is 1.26 bits per heavy atom. The number of rotatable bonds is 5. The number of likely N-dealkylation sites (tertiary alicyclic amines) is 1. The highest BCUT2D eigenvalue weighted by atomic mass is 19.1. The molecule has 11 heteroatoms. The number of ether oxygens (including phenoxy) is 2. The molecule has 3 aromatic rings. The van der Waals surface area contributed by atoms with Gasteiger partial charge in [-0.25, -0.2) is 9.37 Å². The first-order valence-electron chi connectivity index (χ1n) is 12.8. The number of halogens is 1. The van der Waals surface area contributed by atoms with Gasteiger partial charge >= 0.3 is 0 Å². The monoisotopic (exact) mass is 520 g/mol. The van der Waals surface area contributed by atoms with Crippen molar-refractivity contribution in [3.05, 3.63) is 53.4 Å². The van der Waals surface area contributed by atoms with Gasteiger partial charge < -0.3 is 19.7 Å². The van der Waals surface area contributed by atoms with E-state index in [9.17, 15) is 14.0 Å². The van der Waals surface area contributed by atoms with Crippen molar-refractivity contribution in [1.29, 1.82) is 0 Å². The summed E-state index contributed by atoms with van der Waals surface area (Å²) < 4.78 is 25.2. The van der Waals surface area contributed by atoms with Crippen LogP contribution in [0.25, 0.3) is 11.3 Å². The van der Waals surface area contributed by atoms with Crippen LogP contribution < -0.4 is 14.8 Å². The molecule has 3 aromatic heterocycles. The molecule has 2 N–H and O–H groups in total. The SMILES string of the molecule is COc1cc(-c2cc(C(=O)N3CC[C@H](C(=O)N[C@@H]4CCOc5ccc(C)nc54)CC34CC4)n[nH]2)c(F)cn1. The van der Waals surface area contributed by atoms with E-state index in [1.54, 1.807) is 6.07 Å². The molecule has 10 nitrogen and oxygen atoms in total. The highest BCUT2D eigenvalue weighted by Crippen LogP contribution is 2.50. The summed E-state index contributed by atoms with van der Waals surface area (Å²) in [5, 5.41) is 10.1. The predicted octanol–water partition coefficient (Wildman–Crippen LogP) is 3.35. The van der Waals surface area contributed by atoms with Crippen LogP contribution in [0, 0.1) is 18.7 Å². The Kier molecular flexibility index (Phi) is 6.00. The number of hydrogen-bond donors (Lipinski definition) is 2. The summed E-state index contributed by atoms with van der Waals surface area (Å²) in [6.07, 6.45) is 4.60. The van der Waals surface area contributed by atoms with E-state index >= 15 is 0 Å². The predicted molar refractivity (Wildman–Crippen MR) is 134 cm³/mol. The molecule has 38 heavy (non-hydrogen) atoms. The van der Waals surface area contributed by atoms with E-state index in [-0.39, 0.29) is 46.5 Å². The third kappa shape index (κ3) is 4.35. The maximum absolute atomic E-state index is 14.4. The fourth-order valence-electron chi connectivity index (χ4n) is 5.59. The Balaban J connectivity index is 1.14. The number of methoxy groups -OCH3 is 1. The summed E-state index contributed by atoms with van der Waals surface area (Å²) in [6, 6.07) is 6.62. The number of amides is 2. The van der Waals surface area contributed by atoms with Crippen molar-refractivity contribution in [3.63, 3.8) is 0 Å². The maximum Gasteiger partial charge on any atom is 0.274 e. The van der Waals surface area contributed by atoms with Crippen molar-refractivity contribution >= 4 is 11.8 Å². The van der Waals surface area contributed by atoms with Crippen LogP contribution in [0.15, 0.2) is 30.5 Å². The van der Waals surface area contributed by atoms with Crippen molar-refractivity contribution in [1.82, 2.24) is 30.4 Å². The van der Waals surface area contributed by atoms with E-state index in [0.717, 1.165) is 36.2 Å². The second-order valence-corrected chi connectivity index (χ2v) is 10.3. The molecule has 2 aliphatic heterocycles. The van der Waals surface area contributed by atoms with Crippen LogP contribution in [-0.4, -0.2) is 62.7 Å². The minimum absolute atomic E-state index is 0.00584. The molecular formula is C27H29FN6O4. The molecule has 1 saturated heterocycles. The van der Waals surface area contributed by atoms with E-state index in [4.69, 9.17) is 9.47 Å². The topological polar surface area (TPSA) is 122 Å². The molecule has 1 spiro atoms. The number of nitrogens with one attached hydrogen (secondary N) is 2. The number of piperidine rings is 1. The van der Waals surface area contributed by atoms with Gasteiger partial charge in [-0.2, -0.15) is 5.10 Å². The minimum atomic E-state index is -0.545. The number of carbonyl (C=O) groups is 2. The van der Waals surface area contributed by atoms with Gasteiger partial charge in [0.05, 0.1) is 31.6 Å². The number of carbonyl (C=O) groups excluding carboxylic acids is 2. The Labute approximate surface area is 218 Å². The molecule has 5 heterocycles. The molecule has 3 aliphatic rings. The molecule has 2 fully saturated rings. The number of pyridine rings is 2. The molecule has 6 rings (SSSR count). The van der Waals surface area contributed by atoms with Crippen molar-refractivity contribution in [3.8, 4) is 22.9 Å². The average Bonchev–Trinajstić information content (AvgIpc) is 3.50. The van der Waals surface area contributed by atoms with Gasteiger partial charge in [-0.15, -0.1) is 0 Å². The lowest BCUT2D eigenvalue weighted by atomic mass is 9.87. The molecule has 0 bridgehead atoms. The highest BCUT2D eigenvalue weighted by Gasteiger charge is 2.55. The van der Waals surface area contributed by atoms with Gasteiger partial charge in [0.1, 0.15) is 11.4 Å². The first-order chi connectivity index (χ1) is 18.4. The van der Waals surface area contributed by atoms with E-state index in [1.165, 1.54) is 13.2 Å². The number of fused-ring (bicyclic) bond motifs is 1. The van der Waals surface area contributed by atoms with Crippen LogP contribution in [0.4, 0.5) is 4.39 Å². The van der Waals surface area contributed by atoms with E-state index in [2.05, 4.69) is 25.5 Å². The summed E-state index contributed by atoms with van der Waals surface area (Å²) in [6.45, 7) is 2.91. The van der Waals surface area contributed by atoms with Crippen LogP contribution in [0.5, 0.6) is 11.6 Å². The zero-order valence-corrected chi connectivity index (χ0v) is 21.3. The van der Waals surface area contributed by atoms with Crippen LogP contribution >= 0.6 is 0 Å². The summed E-state index contributed by atoms with van der Waals surface area (Å²) in [5.41, 5.74) is 2.11.